The molecule has 154 valence electrons. The third-order valence-electron chi connectivity index (χ3n) is 4.48. The number of anilines is 2. The van der Waals surface area contributed by atoms with Crippen LogP contribution in [0.25, 0.3) is 0 Å². The fourth-order valence-corrected chi connectivity index (χ4v) is 3.13. The Labute approximate surface area is 167 Å². The number of benzene rings is 1. The number of carbonyl (C=O) groups excluding carboxylic acids is 3. The smallest absolute Gasteiger partial charge is 0.428 e. The van der Waals surface area contributed by atoms with Crippen molar-refractivity contribution in [2.45, 2.75) is 19.8 Å². The van der Waals surface area contributed by atoms with Gasteiger partial charge in [0.05, 0.1) is 24.5 Å². The van der Waals surface area contributed by atoms with Crippen molar-refractivity contribution in [2.75, 3.05) is 43.1 Å². The Morgan fingerprint density at radius 1 is 1.31 bits per heavy atom. The van der Waals surface area contributed by atoms with E-state index in [1.165, 1.54) is 21.0 Å². The van der Waals surface area contributed by atoms with Crippen molar-refractivity contribution in [3.05, 3.63) is 17.9 Å². The van der Waals surface area contributed by atoms with E-state index in [1.54, 1.807) is 6.92 Å². The first-order chi connectivity index (χ1) is 14.0. The van der Waals surface area contributed by atoms with Crippen LogP contribution in [0.15, 0.2) is 12.1 Å². The second-order valence-corrected chi connectivity index (χ2v) is 6.35. The molecule has 9 nitrogen and oxygen atoms in total. The van der Waals surface area contributed by atoms with Gasteiger partial charge in [-0.2, -0.15) is 0 Å². The quantitative estimate of drug-likeness (QED) is 0.780. The summed E-state index contributed by atoms with van der Waals surface area (Å²) in [4.78, 5) is 38.2. The molecule has 10 heteroatoms. The number of nitrogens with zero attached hydrogens (tertiary/aromatic N) is 3. The van der Waals surface area contributed by atoms with Crippen molar-refractivity contribution in [3.8, 4) is 18.1 Å². The van der Waals surface area contributed by atoms with Crippen molar-refractivity contribution in [2.24, 2.45) is 0 Å². The molecular weight excluding hydrogens is 383 g/mol. The number of hydrogen-bond acceptors (Lipinski definition) is 5. The second-order valence-electron chi connectivity index (χ2n) is 6.35. The van der Waals surface area contributed by atoms with Gasteiger partial charge < -0.3 is 14.8 Å². The van der Waals surface area contributed by atoms with Gasteiger partial charge in [0, 0.05) is 19.2 Å². The molecule has 29 heavy (non-hydrogen) atoms. The van der Waals surface area contributed by atoms with Crippen LogP contribution < -0.4 is 15.0 Å². The standard InChI is InChI=1S/C19H21FN4O5/c1-3-7-22-15-11-14(13(20)10-16(15)29-12-17(22)25)21-18(26)23-8-5-6-9-24(23)19(27)28-4-2/h1,10-11H,4-9,12H2,2H3,(H,21,26). The van der Waals surface area contributed by atoms with Crippen LogP contribution in [0.5, 0.6) is 5.75 Å². The number of rotatable bonds is 3. The lowest BCUT2D eigenvalue weighted by Gasteiger charge is -2.37. The highest BCUT2D eigenvalue weighted by molar-refractivity contribution is 6.00. The van der Waals surface area contributed by atoms with Crippen LogP contribution in [-0.4, -0.2) is 60.9 Å². The van der Waals surface area contributed by atoms with E-state index < -0.39 is 17.9 Å². The fourth-order valence-electron chi connectivity index (χ4n) is 3.13. The van der Waals surface area contributed by atoms with Crippen LogP contribution in [0.1, 0.15) is 19.8 Å². The Balaban J connectivity index is 1.84. The Morgan fingerprint density at radius 3 is 2.72 bits per heavy atom. The van der Waals surface area contributed by atoms with Crippen molar-refractivity contribution < 1.29 is 28.2 Å². The maximum atomic E-state index is 14.5. The van der Waals surface area contributed by atoms with Gasteiger partial charge in [0.2, 0.25) is 0 Å². The lowest BCUT2D eigenvalue weighted by molar-refractivity contribution is -0.121. The summed E-state index contributed by atoms with van der Waals surface area (Å²) < 4.78 is 24.8. The summed E-state index contributed by atoms with van der Waals surface area (Å²) in [5, 5.41) is 4.82. The number of ether oxygens (including phenoxy) is 2. The number of urea groups is 1. The van der Waals surface area contributed by atoms with Gasteiger partial charge in [-0.05, 0) is 25.8 Å². The lowest BCUT2D eigenvalue weighted by Crippen LogP contribution is -2.54. The van der Waals surface area contributed by atoms with Crippen LogP contribution in [0.4, 0.5) is 25.4 Å². The van der Waals surface area contributed by atoms with Crippen molar-refractivity contribution >= 4 is 29.4 Å². The molecule has 1 aromatic rings. The summed E-state index contributed by atoms with van der Waals surface area (Å²) in [6.07, 6.45) is 6.07. The second kappa shape index (κ2) is 8.68. The van der Waals surface area contributed by atoms with E-state index in [9.17, 15) is 18.8 Å². The minimum atomic E-state index is -0.744. The molecule has 0 saturated carbocycles. The average Bonchev–Trinajstić information content (AvgIpc) is 2.71. The molecule has 0 atom stereocenters. The maximum absolute atomic E-state index is 14.5. The van der Waals surface area contributed by atoms with Crippen molar-refractivity contribution in [3.63, 3.8) is 0 Å². The molecule has 2 aliphatic rings. The molecule has 3 rings (SSSR count). The van der Waals surface area contributed by atoms with Gasteiger partial charge in [-0.25, -0.2) is 24.0 Å². The highest BCUT2D eigenvalue weighted by Crippen LogP contribution is 2.36. The molecule has 0 spiro atoms. The SMILES string of the molecule is C#CCN1C(=O)COc2cc(F)c(NC(=O)N3CCCCN3C(=O)OCC)cc21. The van der Waals surface area contributed by atoms with Crippen LogP contribution >= 0.6 is 0 Å². The summed E-state index contributed by atoms with van der Waals surface area (Å²) in [6.45, 7) is 2.17. The van der Waals surface area contributed by atoms with E-state index in [-0.39, 0.29) is 49.3 Å². The summed E-state index contributed by atoms with van der Waals surface area (Å²) in [5.41, 5.74) is 0.0975. The molecular formula is C19H21FN4O5. The zero-order valence-corrected chi connectivity index (χ0v) is 15.9. The van der Waals surface area contributed by atoms with Gasteiger partial charge in [-0.1, -0.05) is 5.92 Å². The molecule has 0 bridgehead atoms. The van der Waals surface area contributed by atoms with E-state index in [1.807, 2.05) is 0 Å². The molecule has 4 amide bonds. The molecule has 1 aromatic carbocycles. The number of hydrazine groups is 1. The largest absolute Gasteiger partial charge is 0.481 e. The number of carbonyl (C=O) groups is 3. The Kier molecular flexibility index (Phi) is 6.07. The van der Waals surface area contributed by atoms with Crippen LogP contribution in [0.2, 0.25) is 0 Å². The summed E-state index contributed by atoms with van der Waals surface area (Å²) >= 11 is 0. The van der Waals surface area contributed by atoms with Gasteiger partial charge in [-0.15, -0.1) is 6.42 Å². The third-order valence-corrected chi connectivity index (χ3v) is 4.48. The third kappa shape index (κ3) is 4.18. The van der Waals surface area contributed by atoms with Crippen LogP contribution in [0, 0.1) is 18.2 Å². The van der Waals surface area contributed by atoms with E-state index in [0.29, 0.717) is 13.0 Å². The molecule has 0 radical (unpaired) electrons. The number of amides is 4. The Hall–Kier alpha value is -3.48. The number of hydrogen-bond donors (Lipinski definition) is 1. The van der Waals surface area contributed by atoms with Gasteiger partial charge in [0.25, 0.3) is 5.91 Å². The van der Waals surface area contributed by atoms with E-state index in [0.717, 1.165) is 12.5 Å². The van der Waals surface area contributed by atoms with E-state index in [4.69, 9.17) is 15.9 Å². The first-order valence-corrected chi connectivity index (χ1v) is 9.19. The first-order valence-electron chi connectivity index (χ1n) is 9.19. The Morgan fingerprint density at radius 2 is 2.03 bits per heavy atom. The number of halogens is 1. The van der Waals surface area contributed by atoms with Crippen LogP contribution in [-0.2, 0) is 9.53 Å². The van der Waals surface area contributed by atoms with Gasteiger partial charge >= 0.3 is 12.1 Å². The Bertz CT molecular complexity index is 869. The van der Waals surface area contributed by atoms with Crippen molar-refractivity contribution in [1.29, 1.82) is 0 Å². The highest BCUT2D eigenvalue weighted by atomic mass is 19.1. The first kappa shape index (κ1) is 20.3. The molecule has 1 fully saturated rings. The molecule has 1 saturated heterocycles. The molecule has 0 unspecified atom stereocenters. The van der Waals surface area contributed by atoms with Crippen molar-refractivity contribution in [1.82, 2.24) is 10.0 Å². The number of nitrogens with one attached hydrogen (secondary N) is 1. The van der Waals surface area contributed by atoms with Gasteiger partial charge in [0.15, 0.2) is 12.4 Å². The number of fused-ring (bicyclic) bond motifs is 1. The molecule has 1 N–H and O–H groups in total. The number of terminal acetylenes is 1. The molecule has 2 heterocycles. The fraction of sp³-hybridized carbons (Fsp3) is 0.421. The van der Waals surface area contributed by atoms with Gasteiger partial charge in [-0.3, -0.25) is 9.69 Å². The minimum Gasteiger partial charge on any atom is -0.481 e. The topological polar surface area (TPSA) is 91.4 Å². The summed E-state index contributed by atoms with van der Waals surface area (Å²) in [6, 6.07) is 1.68. The van der Waals surface area contributed by atoms with E-state index >= 15 is 0 Å². The molecule has 0 aliphatic carbocycles. The highest BCUT2D eigenvalue weighted by Gasteiger charge is 2.31. The average molecular weight is 404 g/mol. The summed E-state index contributed by atoms with van der Waals surface area (Å²) in [7, 11) is 0. The normalized spacial score (nSPS) is 15.9. The molecule has 2 aliphatic heterocycles. The summed E-state index contributed by atoms with van der Waals surface area (Å²) in [5.74, 6) is 1.41. The predicted octanol–water partition coefficient (Wildman–Crippen LogP) is 2.19. The van der Waals surface area contributed by atoms with E-state index in [2.05, 4.69) is 11.2 Å². The monoisotopic (exact) mass is 404 g/mol. The minimum absolute atomic E-state index is 0.0169. The maximum Gasteiger partial charge on any atom is 0.428 e. The van der Waals surface area contributed by atoms with Gasteiger partial charge in [0.1, 0.15) is 5.75 Å². The molecule has 0 aromatic heterocycles. The lowest BCUT2D eigenvalue weighted by atomic mass is 10.2. The zero-order chi connectivity index (χ0) is 21.0. The zero-order valence-electron chi connectivity index (χ0n) is 15.9. The predicted molar refractivity (Wildman–Crippen MR) is 102 cm³/mol. The van der Waals surface area contributed by atoms with Crippen LogP contribution in [0.3, 0.4) is 0 Å².